The van der Waals surface area contributed by atoms with Crippen molar-refractivity contribution in [2.24, 2.45) is 11.0 Å². The Labute approximate surface area is 165 Å². The van der Waals surface area contributed by atoms with E-state index in [1.807, 2.05) is 13.8 Å². The summed E-state index contributed by atoms with van der Waals surface area (Å²) in [5.74, 6) is 0.583. The van der Waals surface area contributed by atoms with Crippen molar-refractivity contribution >= 4 is 28.0 Å². The summed E-state index contributed by atoms with van der Waals surface area (Å²) in [7, 11) is 0. The topological polar surface area (TPSA) is 97.5 Å². The summed E-state index contributed by atoms with van der Waals surface area (Å²) in [6.07, 6.45) is 0.155. The van der Waals surface area contributed by atoms with E-state index in [4.69, 9.17) is 9.47 Å². The molecule has 1 aromatic carbocycles. The third-order valence-electron chi connectivity index (χ3n) is 4.50. The first-order chi connectivity index (χ1) is 12.7. The van der Waals surface area contributed by atoms with E-state index in [-0.39, 0.29) is 24.0 Å². The lowest BCUT2D eigenvalue weighted by molar-refractivity contribution is -0.486. The van der Waals surface area contributed by atoms with Crippen LogP contribution in [0.5, 0.6) is 5.75 Å². The number of benzene rings is 1. The van der Waals surface area contributed by atoms with E-state index in [9.17, 15) is 14.9 Å². The molecule has 1 atom stereocenters. The summed E-state index contributed by atoms with van der Waals surface area (Å²) in [6.45, 7) is 5.89. The largest absolute Gasteiger partial charge is 0.422 e. The van der Waals surface area contributed by atoms with Gasteiger partial charge in [-0.15, -0.1) is 0 Å². The molecule has 2 aliphatic rings. The van der Waals surface area contributed by atoms with Gasteiger partial charge < -0.3 is 14.4 Å². The quantitative estimate of drug-likeness (QED) is 0.527. The van der Waals surface area contributed by atoms with Crippen LogP contribution in [0.25, 0.3) is 0 Å². The highest BCUT2D eigenvalue weighted by atomic mass is 79.9. The second kappa shape index (κ2) is 7.81. The summed E-state index contributed by atoms with van der Waals surface area (Å²) >= 11 is 3.31. The van der Waals surface area contributed by atoms with Gasteiger partial charge in [-0.2, -0.15) is 0 Å². The summed E-state index contributed by atoms with van der Waals surface area (Å²) < 4.78 is 11.9. The molecule has 0 aliphatic carbocycles. The third-order valence-corrected chi connectivity index (χ3v) is 5.03. The molecule has 1 unspecified atom stereocenters. The van der Waals surface area contributed by atoms with Gasteiger partial charge in [0.1, 0.15) is 10.9 Å². The maximum atomic E-state index is 12.5. The molecule has 2 aliphatic heterocycles. The standard InChI is InChI=1S/C17H21BrN4O5/c1-17(2)9-12(11-26-17)10-20-7-8-21(15(20)19-22(24)25)16(23)27-14-5-3-13(18)4-6-14/h3-6,12H,7-11H2,1-2H3. The Morgan fingerprint density at radius 3 is 2.70 bits per heavy atom. The van der Waals surface area contributed by atoms with Gasteiger partial charge in [0.15, 0.2) is 5.03 Å². The van der Waals surface area contributed by atoms with Gasteiger partial charge in [0, 0.05) is 23.5 Å². The summed E-state index contributed by atoms with van der Waals surface area (Å²) in [5.41, 5.74) is -0.203. The molecule has 0 aromatic heterocycles. The lowest BCUT2D eigenvalue weighted by atomic mass is 9.97. The maximum Gasteiger partial charge on any atom is 0.422 e. The van der Waals surface area contributed by atoms with Crippen LogP contribution in [-0.2, 0) is 4.74 Å². The predicted molar refractivity (Wildman–Crippen MR) is 101 cm³/mol. The Morgan fingerprint density at radius 2 is 2.11 bits per heavy atom. The fourth-order valence-corrected chi connectivity index (χ4v) is 3.64. The number of carbonyl (C=O) groups excluding carboxylic acids is 1. The number of hydrazone groups is 1. The molecule has 1 amide bonds. The third kappa shape index (κ3) is 4.95. The Kier molecular flexibility index (Phi) is 5.66. The molecule has 146 valence electrons. The number of nitrogens with zero attached hydrogens (tertiary/aromatic N) is 4. The molecule has 2 fully saturated rings. The fourth-order valence-electron chi connectivity index (χ4n) is 3.37. The van der Waals surface area contributed by atoms with Gasteiger partial charge in [-0.25, -0.2) is 19.8 Å². The van der Waals surface area contributed by atoms with Crippen molar-refractivity contribution < 1.29 is 19.3 Å². The molecule has 0 N–H and O–H groups in total. The Morgan fingerprint density at radius 1 is 1.41 bits per heavy atom. The molecule has 0 spiro atoms. The minimum absolute atomic E-state index is 0.00631. The van der Waals surface area contributed by atoms with Crippen molar-refractivity contribution in [2.45, 2.75) is 25.9 Å². The first-order valence-corrected chi connectivity index (χ1v) is 9.40. The molecule has 27 heavy (non-hydrogen) atoms. The number of hydrogen-bond donors (Lipinski definition) is 0. The Balaban J connectivity index is 1.70. The van der Waals surface area contributed by atoms with Crippen molar-refractivity contribution in [2.75, 3.05) is 26.2 Å². The van der Waals surface area contributed by atoms with Crippen LogP contribution in [0.2, 0.25) is 0 Å². The highest BCUT2D eigenvalue weighted by Crippen LogP contribution is 2.30. The average molecular weight is 441 g/mol. The van der Waals surface area contributed by atoms with Gasteiger partial charge in [0.2, 0.25) is 0 Å². The first-order valence-electron chi connectivity index (χ1n) is 8.60. The van der Waals surface area contributed by atoms with Gasteiger partial charge in [0.05, 0.1) is 18.8 Å². The van der Waals surface area contributed by atoms with Crippen molar-refractivity contribution in [3.05, 3.63) is 38.9 Å². The normalized spacial score (nSPS) is 23.1. The zero-order valence-corrected chi connectivity index (χ0v) is 16.7. The summed E-state index contributed by atoms with van der Waals surface area (Å²) in [4.78, 5) is 26.5. The van der Waals surface area contributed by atoms with Crippen LogP contribution in [0.1, 0.15) is 20.3 Å². The number of rotatable bonds is 4. The van der Waals surface area contributed by atoms with Crippen LogP contribution in [0.15, 0.2) is 33.8 Å². The van der Waals surface area contributed by atoms with Crippen LogP contribution < -0.4 is 4.74 Å². The highest BCUT2D eigenvalue weighted by molar-refractivity contribution is 9.10. The Bertz CT molecular complexity index is 752. The van der Waals surface area contributed by atoms with Crippen molar-refractivity contribution in [3.63, 3.8) is 0 Å². The second-order valence-corrected chi connectivity index (χ2v) is 8.11. The SMILES string of the molecule is CC1(C)CC(CN2CCN(C(=O)Oc3ccc(Br)cc3)C2=N[N+](=O)[O-])CO1. The fraction of sp³-hybridized carbons (Fsp3) is 0.529. The van der Waals surface area contributed by atoms with Crippen LogP contribution in [0.3, 0.4) is 0 Å². The molecule has 3 rings (SSSR count). The van der Waals surface area contributed by atoms with Crippen molar-refractivity contribution in [1.82, 2.24) is 9.80 Å². The predicted octanol–water partition coefficient (Wildman–Crippen LogP) is 2.93. The number of carbonyl (C=O) groups is 1. The highest BCUT2D eigenvalue weighted by Gasteiger charge is 2.39. The smallest absolute Gasteiger partial charge is 0.410 e. The maximum absolute atomic E-state index is 12.5. The molecule has 0 bridgehead atoms. The molecule has 2 heterocycles. The van der Waals surface area contributed by atoms with Crippen LogP contribution >= 0.6 is 15.9 Å². The molecular formula is C17H21BrN4O5. The lowest BCUT2D eigenvalue weighted by Crippen LogP contribution is -2.41. The summed E-state index contributed by atoms with van der Waals surface area (Å²) in [5, 5.41) is 13.6. The van der Waals surface area contributed by atoms with E-state index in [0.717, 1.165) is 10.9 Å². The first kappa shape index (κ1) is 19.6. The number of ether oxygens (including phenoxy) is 2. The van der Waals surface area contributed by atoms with E-state index < -0.39 is 11.1 Å². The monoisotopic (exact) mass is 440 g/mol. The molecule has 2 saturated heterocycles. The zero-order valence-electron chi connectivity index (χ0n) is 15.1. The van der Waals surface area contributed by atoms with Crippen LogP contribution in [0, 0.1) is 16.0 Å². The zero-order chi connectivity index (χ0) is 19.6. The van der Waals surface area contributed by atoms with Gasteiger partial charge in [0.25, 0.3) is 5.96 Å². The van der Waals surface area contributed by atoms with Crippen molar-refractivity contribution in [1.29, 1.82) is 0 Å². The van der Waals surface area contributed by atoms with E-state index in [0.29, 0.717) is 25.4 Å². The number of nitro groups is 1. The average Bonchev–Trinajstić information content (AvgIpc) is 3.12. The lowest BCUT2D eigenvalue weighted by Gasteiger charge is -2.22. The number of halogens is 1. The Hall–Kier alpha value is -2.20. The molecule has 0 saturated carbocycles. The number of hydrogen-bond acceptors (Lipinski definition) is 5. The van der Waals surface area contributed by atoms with Gasteiger partial charge in [-0.1, -0.05) is 15.9 Å². The van der Waals surface area contributed by atoms with Gasteiger partial charge in [-0.3, -0.25) is 0 Å². The molecule has 10 heteroatoms. The van der Waals surface area contributed by atoms with Crippen molar-refractivity contribution in [3.8, 4) is 5.75 Å². The molecule has 9 nitrogen and oxygen atoms in total. The minimum Gasteiger partial charge on any atom is -0.410 e. The van der Waals surface area contributed by atoms with E-state index in [1.54, 1.807) is 29.2 Å². The number of guanidine groups is 1. The van der Waals surface area contributed by atoms with Crippen LogP contribution in [0.4, 0.5) is 4.79 Å². The molecular weight excluding hydrogens is 420 g/mol. The van der Waals surface area contributed by atoms with E-state index in [1.165, 1.54) is 4.90 Å². The van der Waals surface area contributed by atoms with Gasteiger partial charge in [-0.05, 0) is 44.5 Å². The molecule has 0 radical (unpaired) electrons. The van der Waals surface area contributed by atoms with Crippen LogP contribution in [-0.4, -0.2) is 58.7 Å². The second-order valence-electron chi connectivity index (χ2n) is 7.20. The minimum atomic E-state index is -0.789. The molecule has 1 aromatic rings. The summed E-state index contributed by atoms with van der Waals surface area (Å²) in [6, 6.07) is 6.76. The number of amides is 1. The van der Waals surface area contributed by atoms with Gasteiger partial charge >= 0.3 is 6.09 Å². The van der Waals surface area contributed by atoms with E-state index in [2.05, 4.69) is 21.0 Å². The van der Waals surface area contributed by atoms with E-state index >= 15 is 0 Å².